The number of fused-ring (bicyclic) bond motifs is 1. The smallest absolute Gasteiger partial charge is 0.254 e. The number of amides is 1. The molecule has 0 N–H and O–H groups in total. The molecule has 3 aromatic rings. The van der Waals surface area contributed by atoms with Gasteiger partial charge in [0.05, 0.1) is 17.6 Å². The first-order valence-electron chi connectivity index (χ1n) is 10.0. The molecule has 148 valence electrons. The molecule has 4 nitrogen and oxygen atoms in total. The summed E-state index contributed by atoms with van der Waals surface area (Å²) < 4.78 is 15.8. The summed E-state index contributed by atoms with van der Waals surface area (Å²) in [6, 6.07) is 12.3. The van der Waals surface area contributed by atoms with E-state index < -0.39 is 0 Å². The van der Waals surface area contributed by atoms with E-state index in [0.717, 1.165) is 48.2 Å². The molecule has 0 saturated carbocycles. The number of aryl methyl sites for hydroxylation is 2. The van der Waals surface area contributed by atoms with E-state index in [0.29, 0.717) is 18.7 Å². The van der Waals surface area contributed by atoms with Crippen LogP contribution in [0.2, 0.25) is 0 Å². The number of hydrogen-bond acceptors (Lipinski definition) is 2. The first kappa shape index (κ1) is 20.1. The second-order valence-corrected chi connectivity index (χ2v) is 7.26. The van der Waals surface area contributed by atoms with Crippen molar-refractivity contribution in [3.05, 3.63) is 65.2 Å². The van der Waals surface area contributed by atoms with Crippen LogP contribution in [0.15, 0.2) is 42.5 Å². The van der Waals surface area contributed by atoms with Crippen molar-refractivity contribution in [1.82, 2.24) is 14.5 Å². The number of halogens is 1. The fourth-order valence-electron chi connectivity index (χ4n) is 3.39. The highest BCUT2D eigenvalue weighted by Gasteiger charge is 2.20. The molecule has 1 amide bonds. The number of carbonyl (C=O) groups is 1. The molecule has 0 aliphatic carbocycles. The SMILES string of the molecule is CCCCN(Cc1nc2ccc(F)cc2n1CCC)C(=O)c1ccc(C)cc1. The van der Waals surface area contributed by atoms with E-state index in [1.807, 2.05) is 40.7 Å². The Morgan fingerprint density at radius 3 is 2.54 bits per heavy atom. The Kier molecular flexibility index (Phi) is 6.45. The lowest BCUT2D eigenvalue weighted by atomic mass is 10.1. The molecule has 0 spiro atoms. The van der Waals surface area contributed by atoms with Gasteiger partial charge in [-0.05, 0) is 50.1 Å². The Morgan fingerprint density at radius 1 is 1.11 bits per heavy atom. The minimum Gasteiger partial charge on any atom is -0.331 e. The second-order valence-electron chi connectivity index (χ2n) is 7.26. The molecule has 0 saturated heterocycles. The third-order valence-corrected chi connectivity index (χ3v) is 4.94. The summed E-state index contributed by atoms with van der Waals surface area (Å²) in [5.74, 6) is 0.545. The van der Waals surface area contributed by atoms with Gasteiger partial charge in [-0.15, -0.1) is 0 Å². The summed E-state index contributed by atoms with van der Waals surface area (Å²) in [7, 11) is 0. The van der Waals surface area contributed by atoms with Crippen molar-refractivity contribution in [3.63, 3.8) is 0 Å². The Labute approximate surface area is 166 Å². The van der Waals surface area contributed by atoms with Crippen LogP contribution in [0.5, 0.6) is 0 Å². The fraction of sp³-hybridized carbons (Fsp3) is 0.391. The van der Waals surface area contributed by atoms with Crippen molar-refractivity contribution in [2.45, 2.75) is 53.1 Å². The molecule has 0 radical (unpaired) electrons. The van der Waals surface area contributed by atoms with Gasteiger partial charge in [0, 0.05) is 18.7 Å². The Balaban J connectivity index is 1.95. The molecular formula is C23H28FN3O. The Hall–Kier alpha value is -2.69. The lowest BCUT2D eigenvalue weighted by Gasteiger charge is -2.23. The molecule has 0 unspecified atom stereocenters. The molecule has 0 aliphatic rings. The van der Waals surface area contributed by atoms with Crippen LogP contribution in [0.25, 0.3) is 11.0 Å². The second kappa shape index (κ2) is 9.00. The van der Waals surface area contributed by atoms with Crippen molar-refractivity contribution >= 4 is 16.9 Å². The summed E-state index contributed by atoms with van der Waals surface area (Å²) in [6.07, 6.45) is 2.85. The summed E-state index contributed by atoms with van der Waals surface area (Å²) in [5.41, 5.74) is 3.37. The average Bonchev–Trinajstić information content (AvgIpc) is 3.02. The van der Waals surface area contributed by atoms with Crippen LogP contribution >= 0.6 is 0 Å². The molecule has 0 atom stereocenters. The predicted molar refractivity (Wildman–Crippen MR) is 111 cm³/mol. The van der Waals surface area contributed by atoms with Crippen molar-refractivity contribution in [2.75, 3.05) is 6.54 Å². The van der Waals surface area contributed by atoms with Crippen LogP contribution in [0.1, 0.15) is 54.9 Å². The van der Waals surface area contributed by atoms with Gasteiger partial charge in [-0.2, -0.15) is 0 Å². The van der Waals surface area contributed by atoms with Crippen LogP contribution < -0.4 is 0 Å². The van der Waals surface area contributed by atoms with E-state index in [2.05, 4.69) is 13.8 Å². The van der Waals surface area contributed by atoms with Gasteiger partial charge in [-0.3, -0.25) is 4.79 Å². The van der Waals surface area contributed by atoms with Gasteiger partial charge < -0.3 is 9.47 Å². The van der Waals surface area contributed by atoms with Crippen LogP contribution in [-0.2, 0) is 13.1 Å². The average molecular weight is 381 g/mol. The number of hydrogen-bond donors (Lipinski definition) is 0. The van der Waals surface area contributed by atoms with Gasteiger partial charge in [-0.25, -0.2) is 9.37 Å². The molecule has 28 heavy (non-hydrogen) atoms. The number of aromatic nitrogens is 2. The van der Waals surface area contributed by atoms with Crippen LogP contribution in [0.3, 0.4) is 0 Å². The summed E-state index contributed by atoms with van der Waals surface area (Å²) in [6.45, 7) is 8.05. The lowest BCUT2D eigenvalue weighted by molar-refractivity contribution is 0.0735. The van der Waals surface area contributed by atoms with Crippen LogP contribution in [-0.4, -0.2) is 26.9 Å². The Morgan fingerprint density at radius 2 is 1.86 bits per heavy atom. The van der Waals surface area contributed by atoms with Crippen LogP contribution in [0.4, 0.5) is 4.39 Å². The summed E-state index contributed by atoms with van der Waals surface area (Å²) in [5, 5.41) is 0. The summed E-state index contributed by atoms with van der Waals surface area (Å²) in [4.78, 5) is 19.7. The lowest BCUT2D eigenvalue weighted by Crippen LogP contribution is -2.32. The number of nitrogens with zero attached hydrogens (tertiary/aromatic N) is 3. The van der Waals surface area contributed by atoms with E-state index in [1.165, 1.54) is 12.1 Å². The molecular weight excluding hydrogens is 353 g/mol. The van der Waals surface area contributed by atoms with Gasteiger partial charge in [0.1, 0.15) is 11.6 Å². The number of unbranched alkanes of at least 4 members (excludes halogenated alkanes) is 1. The van der Waals surface area contributed by atoms with Crippen molar-refractivity contribution in [2.24, 2.45) is 0 Å². The number of carbonyl (C=O) groups excluding carboxylic acids is 1. The highest BCUT2D eigenvalue weighted by atomic mass is 19.1. The number of imidazole rings is 1. The van der Waals surface area contributed by atoms with E-state index >= 15 is 0 Å². The van der Waals surface area contributed by atoms with Gasteiger partial charge in [0.2, 0.25) is 0 Å². The molecule has 0 bridgehead atoms. The molecule has 0 fully saturated rings. The Bertz CT molecular complexity index is 946. The standard InChI is InChI=1S/C23H28FN3O/c1-4-6-14-26(23(28)18-9-7-17(3)8-10-18)16-22-25-20-12-11-19(24)15-21(20)27(22)13-5-2/h7-12,15H,4-6,13-14,16H2,1-3H3. The highest BCUT2D eigenvalue weighted by Crippen LogP contribution is 2.20. The maximum Gasteiger partial charge on any atom is 0.254 e. The zero-order chi connectivity index (χ0) is 20.1. The topological polar surface area (TPSA) is 38.1 Å². The maximum atomic E-state index is 13.8. The fourth-order valence-corrected chi connectivity index (χ4v) is 3.39. The highest BCUT2D eigenvalue weighted by molar-refractivity contribution is 5.94. The predicted octanol–water partition coefficient (Wildman–Crippen LogP) is 5.34. The minimum atomic E-state index is -0.269. The quantitative estimate of drug-likeness (QED) is 0.528. The molecule has 3 rings (SSSR count). The molecule has 1 aromatic heterocycles. The van der Waals surface area contributed by atoms with Crippen LogP contribution in [0, 0.1) is 12.7 Å². The van der Waals surface area contributed by atoms with Gasteiger partial charge in [-0.1, -0.05) is 38.0 Å². The third kappa shape index (κ3) is 4.41. The zero-order valence-corrected chi connectivity index (χ0v) is 16.9. The van der Waals surface area contributed by atoms with E-state index in [1.54, 1.807) is 6.07 Å². The number of benzene rings is 2. The van der Waals surface area contributed by atoms with Crippen molar-refractivity contribution < 1.29 is 9.18 Å². The first-order valence-corrected chi connectivity index (χ1v) is 10.0. The molecule has 5 heteroatoms. The largest absolute Gasteiger partial charge is 0.331 e. The van der Waals surface area contributed by atoms with E-state index in [4.69, 9.17) is 4.98 Å². The minimum absolute atomic E-state index is 0.00901. The number of rotatable bonds is 8. The molecule has 1 heterocycles. The first-order chi connectivity index (χ1) is 13.5. The van der Waals surface area contributed by atoms with Gasteiger partial charge in [0.15, 0.2) is 0 Å². The third-order valence-electron chi connectivity index (χ3n) is 4.94. The zero-order valence-electron chi connectivity index (χ0n) is 16.9. The van der Waals surface area contributed by atoms with Crippen molar-refractivity contribution in [3.8, 4) is 0 Å². The summed E-state index contributed by atoms with van der Waals surface area (Å²) >= 11 is 0. The van der Waals surface area contributed by atoms with Gasteiger partial charge in [0.25, 0.3) is 5.91 Å². The maximum absolute atomic E-state index is 13.8. The van der Waals surface area contributed by atoms with E-state index in [-0.39, 0.29) is 11.7 Å². The van der Waals surface area contributed by atoms with Gasteiger partial charge >= 0.3 is 0 Å². The molecule has 0 aliphatic heterocycles. The molecule has 2 aromatic carbocycles. The monoisotopic (exact) mass is 381 g/mol. The van der Waals surface area contributed by atoms with Crippen molar-refractivity contribution in [1.29, 1.82) is 0 Å². The van der Waals surface area contributed by atoms with E-state index in [9.17, 15) is 9.18 Å². The normalized spacial score (nSPS) is 11.1.